The lowest BCUT2D eigenvalue weighted by molar-refractivity contribution is 0.0974. The molecule has 6 nitrogen and oxygen atoms in total. The molecule has 116 valence electrons. The normalized spacial score (nSPS) is 16.0. The number of nitrogens with two attached hydrogens (primary N) is 1. The summed E-state index contributed by atoms with van der Waals surface area (Å²) in [6.45, 7) is 1.15. The van der Waals surface area contributed by atoms with Crippen molar-refractivity contribution in [3.05, 3.63) is 42.2 Å². The van der Waals surface area contributed by atoms with Gasteiger partial charge in [0.2, 0.25) is 10.0 Å². The van der Waals surface area contributed by atoms with Crippen LogP contribution in [0.2, 0.25) is 0 Å². The molecule has 3 rings (SSSR count). The number of amides is 1. The van der Waals surface area contributed by atoms with Gasteiger partial charge in [0.05, 0.1) is 4.90 Å². The van der Waals surface area contributed by atoms with Crippen molar-refractivity contribution in [3.8, 4) is 11.3 Å². The molecular weight excluding hydrogens is 304 g/mol. The third kappa shape index (κ3) is 2.65. The molecule has 0 saturated carbocycles. The van der Waals surface area contributed by atoms with Gasteiger partial charge >= 0.3 is 0 Å². The van der Waals surface area contributed by atoms with E-state index < -0.39 is 15.9 Å². The van der Waals surface area contributed by atoms with Crippen LogP contribution in [0.4, 0.5) is 0 Å². The van der Waals surface area contributed by atoms with E-state index in [1.165, 1.54) is 10.4 Å². The zero-order valence-corrected chi connectivity index (χ0v) is 12.7. The van der Waals surface area contributed by atoms with Crippen molar-refractivity contribution >= 4 is 15.9 Å². The fraction of sp³-hybridized carbons (Fsp3) is 0.267. The highest BCUT2D eigenvalue weighted by molar-refractivity contribution is 7.89. The lowest BCUT2D eigenvalue weighted by Gasteiger charge is -2.15. The summed E-state index contributed by atoms with van der Waals surface area (Å²) in [6.07, 6.45) is 1.80. The number of furan rings is 1. The largest absolute Gasteiger partial charge is 0.451 e. The van der Waals surface area contributed by atoms with Crippen LogP contribution in [0, 0.1) is 0 Å². The number of primary amides is 1. The summed E-state index contributed by atoms with van der Waals surface area (Å²) < 4.78 is 31.7. The minimum absolute atomic E-state index is 0.0729. The van der Waals surface area contributed by atoms with Crippen LogP contribution < -0.4 is 5.73 Å². The highest BCUT2D eigenvalue weighted by atomic mass is 32.2. The second-order valence-electron chi connectivity index (χ2n) is 5.16. The van der Waals surface area contributed by atoms with E-state index in [9.17, 15) is 13.2 Å². The lowest BCUT2D eigenvalue weighted by atomic mass is 10.2. The zero-order valence-electron chi connectivity index (χ0n) is 11.9. The van der Waals surface area contributed by atoms with E-state index in [4.69, 9.17) is 10.2 Å². The quantitative estimate of drug-likeness (QED) is 0.930. The highest BCUT2D eigenvalue weighted by Gasteiger charge is 2.27. The second kappa shape index (κ2) is 5.58. The first kappa shape index (κ1) is 14.8. The van der Waals surface area contributed by atoms with Gasteiger partial charge in [-0.3, -0.25) is 4.79 Å². The molecular formula is C15H16N2O4S. The maximum atomic E-state index is 12.4. The Kier molecular flexibility index (Phi) is 3.76. The number of carbonyl (C=O) groups excluding carboxylic acids is 1. The molecule has 2 N–H and O–H groups in total. The van der Waals surface area contributed by atoms with E-state index in [1.807, 2.05) is 0 Å². The highest BCUT2D eigenvalue weighted by Crippen LogP contribution is 2.26. The van der Waals surface area contributed by atoms with Crippen molar-refractivity contribution < 1.29 is 17.6 Å². The number of rotatable bonds is 4. The molecule has 0 unspecified atom stereocenters. The smallest absolute Gasteiger partial charge is 0.284 e. The van der Waals surface area contributed by atoms with Crippen molar-refractivity contribution in [1.82, 2.24) is 4.31 Å². The average molecular weight is 320 g/mol. The summed E-state index contributed by atoms with van der Waals surface area (Å²) in [6, 6.07) is 9.54. The molecule has 0 aliphatic carbocycles. The summed E-state index contributed by atoms with van der Waals surface area (Å²) in [4.78, 5) is 11.3. The van der Waals surface area contributed by atoms with Gasteiger partial charge in [-0.2, -0.15) is 4.31 Å². The molecule has 1 saturated heterocycles. The number of hydrogen-bond donors (Lipinski definition) is 1. The Labute approximate surface area is 128 Å². The maximum Gasteiger partial charge on any atom is 0.284 e. The van der Waals surface area contributed by atoms with Gasteiger partial charge in [0, 0.05) is 18.7 Å². The van der Waals surface area contributed by atoms with Gasteiger partial charge in [-0.05, 0) is 49.2 Å². The number of nitrogens with zero attached hydrogens (tertiary/aromatic N) is 1. The fourth-order valence-electron chi connectivity index (χ4n) is 2.49. The van der Waals surface area contributed by atoms with E-state index in [-0.39, 0.29) is 10.7 Å². The van der Waals surface area contributed by atoms with Gasteiger partial charge in [0.1, 0.15) is 5.76 Å². The molecule has 22 heavy (non-hydrogen) atoms. The Morgan fingerprint density at radius 3 is 2.23 bits per heavy atom. The Hall–Kier alpha value is -2.12. The van der Waals surface area contributed by atoms with Gasteiger partial charge in [-0.25, -0.2) is 8.42 Å². The monoisotopic (exact) mass is 320 g/mol. The summed E-state index contributed by atoms with van der Waals surface area (Å²) in [5, 5.41) is 0. The maximum absolute atomic E-state index is 12.4. The van der Waals surface area contributed by atoms with Crippen LogP contribution in [0.5, 0.6) is 0 Å². The predicted molar refractivity (Wildman–Crippen MR) is 80.7 cm³/mol. The predicted octanol–water partition coefficient (Wildman–Crippen LogP) is 1.83. The molecule has 0 radical (unpaired) electrons. The first-order chi connectivity index (χ1) is 10.5. The number of benzene rings is 1. The Bertz CT molecular complexity index is 787. The molecule has 0 atom stereocenters. The number of carbonyl (C=O) groups is 1. The third-order valence-corrected chi connectivity index (χ3v) is 5.60. The van der Waals surface area contributed by atoms with Crippen molar-refractivity contribution in [2.24, 2.45) is 5.73 Å². The first-order valence-electron chi connectivity index (χ1n) is 6.99. The fourth-order valence-corrected chi connectivity index (χ4v) is 4.01. The molecule has 2 heterocycles. The van der Waals surface area contributed by atoms with E-state index in [0.29, 0.717) is 24.4 Å². The summed E-state index contributed by atoms with van der Waals surface area (Å²) in [5.74, 6) is -0.0952. The van der Waals surface area contributed by atoms with Crippen LogP contribution in [0.25, 0.3) is 11.3 Å². The number of sulfonamides is 1. The first-order valence-corrected chi connectivity index (χ1v) is 8.43. The standard InChI is InChI=1S/C15H16N2O4S/c16-15(18)14-8-7-13(21-14)11-3-5-12(6-4-11)22(19,20)17-9-1-2-10-17/h3-8H,1-2,9-10H2,(H2,16,18). The third-order valence-electron chi connectivity index (χ3n) is 3.69. The van der Waals surface area contributed by atoms with E-state index >= 15 is 0 Å². The average Bonchev–Trinajstić information content (AvgIpc) is 3.19. The summed E-state index contributed by atoms with van der Waals surface area (Å²) in [7, 11) is -3.42. The summed E-state index contributed by atoms with van der Waals surface area (Å²) in [5.41, 5.74) is 5.83. The topological polar surface area (TPSA) is 93.6 Å². The molecule has 1 aromatic carbocycles. The van der Waals surface area contributed by atoms with Crippen molar-refractivity contribution in [1.29, 1.82) is 0 Å². The van der Waals surface area contributed by atoms with Crippen LogP contribution in [-0.2, 0) is 10.0 Å². The molecule has 1 aliphatic rings. The van der Waals surface area contributed by atoms with Gasteiger partial charge in [-0.1, -0.05) is 0 Å². The molecule has 1 fully saturated rings. The van der Waals surface area contributed by atoms with Crippen molar-refractivity contribution in [2.45, 2.75) is 17.7 Å². The van der Waals surface area contributed by atoms with Crippen LogP contribution in [0.1, 0.15) is 23.4 Å². The zero-order chi connectivity index (χ0) is 15.7. The molecule has 0 bridgehead atoms. The minimum Gasteiger partial charge on any atom is -0.451 e. The molecule has 1 aromatic heterocycles. The SMILES string of the molecule is NC(=O)c1ccc(-c2ccc(S(=O)(=O)N3CCCC3)cc2)o1. The lowest BCUT2D eigenvalue weighted by Crippen LogP contribution is -2.27. The van der Waals surface area contributed by atoms with E-state index in [0.717, 1.165) is 12.8 Å². The van der Waals surface area contributed by atoms with Gasteiger partial charge in [0.15, 0.2) is 5.76 Å². The van der Waals surface area contributed by atoms with Crippen LogP contribution in [-0.4, -0.2) is 31.7 Å². The van der Waals surface area contributed by atoms with Crippen LogP contribution in [0.3, 0.4) is 0 Å². The van der Waals surface area contributed by atoms with Gasteiger partial charge in [0.25, 0.3) is 5.91 Å². The van der Waals surface area contributed by atoms with E-state index in [2.05, 4.69) is 0 Å². The van der Waals surface area contributed by atoms with Crippen LogP contribution in [0.15, 0.2) is 45.7 Å². The van der Waals surface area contributed by atoms with Crippen LogP contribution >= 0.6 is 0 Å². The molecule has 1 amide bonds. The Balaban J connectivity index is 1.87. The van der Waals surface area contributed by atoms with Crippen molar-refractivity contribution in [2.75, 3.05) is 13.1 Å². The summed E-state index contributed by atoms with van der Waals surface area (Å²) >= 11 is 0. The molecule has 1 aliphatic heterocycles. The Morgan fingerprint density at radius 1 is 1.05 bits per heavy atom. The molecule has 2 aromatic rings. The van der Waals surface area contributed by atoms with Gasteiger partial charge < -0.3 is 10.2 Å². The molecule has 7 heteroatoms. The minimum atomic E-state index is -3.42. The van der Waals surface area contributed by atoms with E-state index in [1.54, 1.807) is 30.3 Å². The Morgan fingerprint density at radius 2 is 1.68 bits per heavy atom. The van der Waals surface area contributed by atoms with Gasteiger partial charge in [-0.15, -0.1) is 0 Å². The second-order valence-corrected chi connectivity index (χ2v) is 7.10. The number of hydrogen-bond acceptors (Lipinski definition) is 4. The van der Waals surface area contributed by atoms with Crippen molar-refractivity contribution in [3.63, 3.8) is 0 Å². The molecule has 0 spiro atoms.